The van der Waals surface area contributed by atoms with E-state index in [1.165, 1.54) is 11.8 Å². The number of aliphatic hydroxyl groups excluding tert-OH is 1. The molecule has 0 aromatic carbocycles. The van der Waals surface area contributed by atoms with Crippen molar-refractivity contribution in [2.45, 2.75) is 0 Å². The third-order valence-corrected chi connectivity index (χ3v) is 1.73. The van der Waals surface area contributed by atoms with E-state index in [1.54, 1.807) is 5.41 Å². The molecule has 0 aromatic heterocycles. The molecule has 0 aliphatic carbocycles. The molecule has 64 valence electrons. The number of urea groups is 1. The van der Waals surface area contributed by atoms with Crippen LogP contribution in [-0.2, 0) is 0 Å². The topological polar surface area (TPSA) is 66.6 Å². The standard InChI is InChI=1S/C6H12N2O2S/c1-2-11-4-3-8(5-9)6(7)10/h2,9H,1,3-5H2,(H2,7,10). The lowest BCUT2D eigenvalue weighted by molar-refractivity contribution is 0.133. The van der Waals surface area contributed by atoms with Crippen LogP contribution in [0, 0.1) is 0 Å². The predicted octanol–water partition coefficient (Wildman–Crippen LogP) is 0.194. The first-order chi connectivity index (χ1) is 5.22. The second-order valence-corrected chi connectivity index (χ2v) is 2.86. The molecule has 2 amide bonds. The van der Waals surface area contributed by atoms with Gasteiger partial charge in [0.1, 0.15) is 6.73 Å². The number of thioether (sulfide) groups is 1. The summed E-state index contributed by atoms with van der Waals surface area (Å²) in [6.07, 6.45) is 0. The van der Waals surface area contributed by atoms with E-state index in [1.807, 2.05) is 0 Å². The Labute approximate surface area is 70.1 Å². The maximum atomic E-state index is 10.5. The average molecular weight is 176 g/mol. The second kappa shape index (κ2) is 6.06. The zero-order valence-electron chi connectivity index (χ0n) is 6.19. The Morgan fingerprint density at radius 3 is 2.82 bits per heavy atom. The van der Waals surface area contributed by atoms with Crippen LogP contribution < -0.4 is 5.73 Å². The fourth-order valence-electron chi connectivity index (χ4n) is 0.497. The highest BCUT2D eigenvalue weighted by atomic mass is 32.2. The zero-order valence-corrected chi connectivity index (χ0v) is 7.01. The van der Waals surface area contributed by atoms with Crippen molar-refractivity contribution in [3.63, 3.8) is 0 Å². The largest absolute Gasteiger partial charge is 0.376 e. The van der Waals surface area contributed by atoms with E-state index in [-0.39, 0.29) is 6.73 Å². The smallest absolute Gasteiger partial charge is 0.316 e. The molecule has 0 unspecified atom stereocenters. The molecule has 0 fully saturated rings. The number of hydrogen-bond acceptors (Lipinski definition) is 3. The van der Waals surface area contributed by atoms with Crippen molar-refractivity contribution in [2.24, 2.45) is 5.73 Å². The van der Waals surface area contributed by atoms with Crippen molar-refractivity contribution < 1.29 is 9.90 Å². The van der Waals surface area contributed by atoms with Gasteiger partial charge in [-0.2, -0.15) is 0 Å². The normalized spacial score (nSPS) is 9.18. The summed E-state index contributed by atoms with van der Waals surface area (Å²) < 4.78 is 0. The van der Waals surface area contributed by atoms with E-state index < -0.39 is 6.03 Å². The maximum absolute atomic E-state index is 10.5. The third-order valence-electron chi connectivity index (χ3n) is 1.08. The SMILES string of the molecule is C=CSCCN(CO)C(N)=O. The van der Waals surface area contributed by atoms with Gasteiger partial charge in [-0.25, -0.2) is 4.79 Å². The Hall–Kier alpha value is -0.680. The lowest BCUT2D eigenvalue weighted by atomic mass is 10.6. The first-order valence-corrected chi connectivity index (χ1v) is 4.15. The van der Waals surface area contributed by atoms with Gasteiger partial charge in [-0.15, -0.1) is 11.8 Å². The average Bonchev–Trinajstić information content (AvgIpc) is 1.97. The minimum atomic E-state index is -0.600. The molecule has 3 N–H and O–H groups in total. The summed E-state index contributed by atoms with van der Waals surface area (Å²) in [5.41, 5.74) is 4.92. The van der Waals surface area contributed by atoms with Crippen LogP contribution in [0.4, 0.5) is 4.79 Å². The van der Waals surface area contributed by atoms with Gasteiger partial charge in [0.05, 0.1) is 0 Å². The molecule has 4 nitrogen and oxygen atoms in total. The van der Waals surface area contributed by atoms with E-state index in [2.05, 4.69) is 6.58 Å². The Kier molecular flexibility index (Phi) is 5.68. The molecular formula is C6H12N2O2S. The molecule has 0 radical (unpaired) electrons. The lowest BCUT2D eigenvalue weighted by Crippen LogP contribution is -2.37. The van der Waals surface area contributed by atoms with Crippen molar-refractivity contribution in [3.8, 4) is 0 Å². The number of nitrogens with zero attached hydrogens (tertiary/aromatic N) is 1. The van der Waals surface area contributed by atoms with Gasteiger partial charge >= 0.3 is 6.03 Å². The first-order valence-electron chi connectivity index (χ1n) is 3.10. The van der Waals surface area contributed by atoms with Gasteiger partial charge in [-0.3, -0.25) is 0 Å². The Bertz CT molecular complexity index is 141. The van der Waals surface area contributed by atoms with Gasteiger partial charge in [0.15, 0.2) is 0 Å². The van der Waals surface area contributed by atoms with E-state index in [0.717, 1.165) is 4.90 Å². The molecule has 11 heavy (non-hydrogen) atoms. The van der Waals surface area contributed by atoms with Gasteiger partial charge in [0.25, 0.3) is 0 Å². The van der Waals surface area contributed by atoms with Gasteiger partial charge < -0.3 is 15.7 Å². The Morgan fingerprint density at radius 2 is 2.45 bits per heavy atom. The van der Waals surface area contributed by atoms with Crippen LogP contribution in [0.2, 0.25) is 0 Å². The molecule has 5 heteroatoms. The van der Waals surface area contributed by atoms with Crippen LogP contribution in [0.5, 0.6) is 0 Å². The third kappa shape index (κ3) is 4.69. The van der Waals surface area contributed by atoms with E-state index in [9.17, 15) is 4.79 Å². The zero-order chi connectivity index (χ0) is 8.69. The lowest BCUT2D eigenvalue weighted by Gasteiger charge is -2.15. The van der Waals surface area contributed by atoms with Crippen molar-refractivity contribution in [3.05, 3.63) is 12.0 Å². The summed E-state index contributed by atoms with van der Waals surface area (Å²) in [7, 11) is 0. The van der Waals surface area contributed by atoms with Gasteiger partial charge in [0, 0.05) is 12.3 Å². The number of primary amides is 1. The maximum Gasteiger partial charge on any atom is 0.316 e. The molecular weight excluding hydrogens is 164 g/mol. The molecule has 0 aromatic rings. The molecule has 0 bridgehead atoms. The molecule has 0 spiro atoms. The van der Waals surface area contributed by atoms with Crippen LogP contribution in [0.1, 0.15) is 0 Å². The monoisotopic (exact) mass is 176 g/mol. The van der Waals surface area contributed by atoms with Gasteiger partial charge in [-0.1, -0.05) is 6.58 Å². The molecule has 0 saturated carbocycles. The Balaban J connectivity index is 3.52. The second-order valence-electron chi connectivity index (χ2n) is 1.78. The summed E-state index contributed by atoms with van der Waals surface area (Å²) in [5, 5.41) is 10.3. The minimum absolute atomic E-state index is 0.326. The van der Waals surface area contributed by atoms with Crippen LogP contribution in [0.25, 0.3) is 0 Å². The summed E-state index contributed by atoms with van der Waals surface area (Å²) in [5.74, 6) is 0.701. The number of carbonyl (C=O) groups excluding carboxylic acids is 1. The highest BCUT2D eigenvalue weighted by Crippen LogP contribution is 2.00. The quantitative estimate of drug-likeness (QED) is 0.464. The van der Waals surface area contributed by atoms with Crippen molar-refractivity contribution >= 4 is 17.8 Å². The van der Waals surface area contributed by atoms with Crippen molar-refractivity contribution in [1.29, 1.82) is 0 Å². The van der Waals surface area contributed by atoms with Gasteiger partial charge in [0.2, 0.25) is 0 Å². The fraction of sp³-hybridized carbons (Fsp3) is 0.500. The molecule has 0 aliphatic heterocycles. The summed E-state index contributed by atoms with van der Waals surface area (Å²) in [6.45, 7) is 3.61. The summed E-state index contributed by atoms with van der Waals surface area (Å²) in [4.78, 5) is 11.6. The first kappa shape index (κ1) is 10.3. The molecule has 0 rings (SSSR count). The molecule has 0 atom stereocenters. The van der Waals surface area contributed by atoms with E-state index in [0.29, 0.717) is 12.3 Å². The number of hydrogen-bond donors (Lipinski definition) is 2. The molecule has 0 saturated heterocycles. The minimum Gasteiger partial charge on any atom is -0.376 e. The number of rotatable bonds is 5. The fourth-order valence-corrected chi connectivity index (χ4v) is 0.989. The van der Waals surface area contributed by atoms with Crippen LogP contribution in [0.15, 0.2) is 12.0 Å². The number of aliphatic hydroxyl groups is 1. The van der Waals surface area contributed by atoms with Gasteiger partial charge in [-0.05, 0) is 5.41 Å². The number of amides is 2. The van der Waals surface area contributed by atoms with E-state index in [4.69, 9.17) is 10.8 Å². The predicted molar refractivity (Wildman–Crippen MR) is 46.0 cm³/mol. The Morgan fingerprint density at radius 1 is 1.82 bits per heavy atom. The molecule has 0 heterocycles. The highest BCUT2D eigenvalue weighted by Gasteiger charge is 2.05. The van der Waals surface area contributed by atoms with Crippen molar-refractivity contribution in [2.75, 3.05) is 19.0 Å². The molecule has 0 aliphatic rings. The van der Waals surface area contributed by atoms with Crippen LogP contribution in [-0.4, -0.2) is 35.1 Å². The van der Waals surface area contributed by atoms with E-state index >= 15 is 0 Å². The summed E-state index contributed by atoms with van der Waals surface area (Å²) >= 11 is 1.47. The van der Waals surface area contributed by atoms with Crippen LogP contribution in [0.3, 0.4) is 0 Å². The highest BCUT2D eigenvalue weighted by molar-refractivity contribution is 8.02. The number of nitrogens with two attached hydrogens (primary N) is 1. The van der Waals surface area contributed by atoms with Crippen molar-refractivity contribution in [1.82, 2.24) is 4.90 Å². The van der Waals surface area contributed by atoms with Crippen LogP contribution >= 0.6 is 11.8 Å². The summed E-state index contributed by atoms with van der Waals surface area (Å²) in [6, 6.07) is -0.600. The number of carbonyl (C=O) groups is 1.